The molecule has 0 spiro atoms. The highest BCUT2D eigenvalue weighted by Crippen LogP contribution is 2.43. The van der Waals surface area contributed by atoms with E-state index in [4.69, 9.17) is 0 Å². The minimum Gasteiger partial charge on any atom is -0.251 e. The fourth-order valence-corrected chi connectivity index (χ4v) is 5.94. The lowest BCUT2D eigenvalue weighted by atomic mass is 9.68. The predicted molar refractivity (Wildman–Crippen MR) is 120 cm³/mol. The van der Waals surface area contributed by atoms with Gasteiger partial charge in [0, 0.05) is 0 Å². The smallest absolute Gasteiger partial charge is 0.251 e. The number of hydrogen-bond acceptors (Lipinski definition) is 0. The van der Waals surface area contributed by atoms with Gasteiger partial charge in [0.25, 0.3) is 0 Å². The lowest BCUT2D eigenvalue weighted by Crippen LogP contribution is -2.26. The van der Waals surface area contributed by atoms with E-state index in [2.05, 4.69) is 6.08 Å². The molecule has 186 valence electrons. The minimum atomic E-state index is -5.02. The van der Waals surface area contributed by atoms with Crippen molar-refractivity contribution < 1.29 is 26.3 Å². The van der Waals surface area contributed by atoms with E-state index in [0.717, 1.165) is 55.6 Å². The standard InChI is InChI=1S/C27H36F6/c28-16-4-2-1-3-5-19-8-12-22(13-9-19)23-14-10-20(11-15-23)6-7-21-17-24(29)26(25(30)18-21)27(31,32)33/h1-2,17-20,22-23H,3-16H2/b2-1+. The van der Waals surface area contributed by atoms with E-state index in [1.54, 1.807) is 0 Å². The Bertz CT molecular complexity index is 729. The van der Waals surface area contributed by atoms with Crippen molar-refractivity contribution in [2.24, 2.45) is 23.7 Å². The molecule has 1 aromatic carbocycles. The largest absolute Gasteiger partial charge is 0.422 e. The van der Waals surface area contributed by atoms with Crippen LogP contribution in [-0.4, -0.2) is 6.67 Å². The molecular weight excluding hydrogens is 438 g/mol. The SMILES string of the molecule is FCC/C=C/CCC1CCC(C2CCC(CCc3cc(F)c(C(F)(F)F)c(F)c3)CC2)CC1. The summed E-state index contributed by atoms with van der Waals surface area (Å²) in [4.78, 5) is 0. The molecule has 2 saturated carbocycles. The third kappa shape index (κ3) is 7.78. The van der Waals surface area contributed by atoms with Crippen molar-refractivity contribution in [3.8, 4) is 0 Å². The summed E-state index contributed by atoms with van der Waals surface area (Å²) in [6, 6.07) is 1.68. The van der Waals surface area contributed by atoms with Gasteiger partial charge >= 0.3 is 6.18 Å². The number of rotatable bonds is 9. The molecule has 2 aliphatic rings. The van der Waals surface area contributed by atoms with Crippen LogP contribution in [0.4, 0.5) is 26.3 Å². The average molecular weight is 475 g/mol. The van der Waals surface area contributed by atoms with Crippen LogP contribution >= 0.6 is 0 Å². The highest BCUT2D eigenvalue weighted by molar-refractivity contribution is 5.28. The highest BCUT2D eigenvalue weighted by Gasteiger charge is 2.38. The third-order valence-corrected chi connectivity index (χ3v) is 7.86. The Balaban J connectivity index is 1.37. The van der Waals surface area contributed by atoms with Crippen molar-refractivity contribution in [2.45, 2.75) is 89.6 Å². The third-order valence-electron chi connectivity index (χ3n) is 7.86. The molecule has 33 heavy (non-hydrogen) atoms. The molecule has 0 nitrogen and oxygen atoms in total. The quantitative estimate of drug-likeness (QED) is 0.247. The molecule has 0 bridgehead atoms. The Morgan fingerprint density at radius 3 is 1.70 bits per heavy atom. The van der Waals surface area contributed by atoms with E-state index in [9.17, 15) is 26.3 Å². The van der Waals surface area contributed by atoms with Gasteiger partial charge in [-0.05, 0) is 99.2 Å². The molecule has 0 N–H and O–H groups in total. The van der Waals surface area contributed by atoms with Gasteiger partial charge in [-0.25, -0.2) is 8.78 Å². The summed E-state index contributed by atoms with van der Waals surface area (Å²) in [5, 5.41) is 0. The first-order valence-corrected chi connectivity index (χ1v) is 12.5. The number of alkyl halides is 4. The van der Waals surface area contributed by atoms with Crippen LogP contribution in [0.25, 0.3) is 0 Å². The van der Waals surface area contributed by atoms with Crippen molar-refractivity contribution in [2.75, 3.05) is 6.67 Å². The monoisotopic (exact) mass is 474 g/mol. The van der Waals surface area contributed by atoms with Crippen molar-refractivity contribution in [1.82, 2.24) is 0 Å². The van der Waals surface area contributed by atoms with Crippen LogP contribution in [0, 0.1) is 35.3 Å². The average Bonchev–Trinajstić information content (AvgIpc) is 2.77. The summed E-state index contributed by atoms with van der Waals surface area (Å²) in [7, 11) is 0. The first-order valence-electron chi connectivity index (χ1n) is 12.5. The van der Waals surface area contributed by atoms with Crippen LogP contribution in [0.1, 0.15) is 88.2 Å². The zero-order chi connectivity index (χ0) is 23.8. The van der Waals surface area contributed by atoms with Gasteiger partial charge in [0.15, 0.2) is 0 Å². The molecule has 1 aromatic rings. The van der Waals surface area contributed by atoms with Crippen molar-refractivity contribution in [3.05, 3.63) is 47.0 Å². The second-order valence-electron chi connectivity index (χ2n) is 10.1. The molecule has 2 fully saturated rings. The number of hydrogen-bond donors (Lipinski definition) is 0. The number of halogens is 6. The Labute approximate surface area is 193 Å². The fraction of sp³-hybridized carbons (Fsp3) is 0.704. The summed E-state index contributed by atoms with van der Waals surface area (Å²) < 4.78 is 77.9. The van der Waals surface area contributed by atoms with E-state index in [0.29, 0.717) is 24.3 Å². The van der Waals surface area contributed by atoms with Gasteiger partial charge in [0.1, 0.15) is 17.2 Å². The maximum absolute atomic E-state index is 13.8. The summed E-state index contributed by atoms with van der Waals surface area (Å²) in [5.41, 5.74) is -1.49. The van der Waals surface area contributed by atoms with Gasteiger partial charge in [0.2, 0.25) is 0 Å². The molecular formula is C27H36F6. The molecule has 0 radical (unpaired) electrons. The second kappa shape index (κ2) is 12.3. The normalized spacial score (nSPS) is 26.7. The summed E-state index contributed by atoms with van der Waals surface area (Å²) in [5.74, 6) is -0.227. The lowest BCUT2D eigenvalue weighted by molar-refractivity contribution is -0.142. The fourth-order valence-electron chi connectivity index (χ4n) is 5.94. The van der Waals surface area contributed by atoms with Gasteiger partial charge in [-0.15, -0.1) is 0 Å². The van der Waals surface area contributed by atoms with E-state index < -0.39 is 23.4 Å². The molecule has 0 saturated heterocycles. The second-order valence-corrected chi connectivity index (χ2v) is 10.1. The first kappa shape index (κ1) is 26.2. The zero-order valence-electron chi connectivity index (χ0n) is 19.3. The number of benzene rings is 1. The van der Waals surface area contributed by atoms with E-state index in [-0.39, 0.29) is 6.67 Å². The van der Waals surface area contributed by atoms with Gasteiger partial charge in [-0.3, -0.25) is 4.39 Å². The Morgan fingerprint density at radius 1 is 0.727 bits per heavy atom. The van der Waals surface area contributed by atoms with Gasteiger partial charge in [0.05, 0.1) is 6.67 Å². The Hall–Kier alpha value is -1.46. The van der Waals surface area contributed by atoms with E-state index in [1.807, 2.05) is 6.08 Å². The molecule has 0 amide bonds. The molecule has 0 atom stereocenters. The lowest BCUT2D eigenvalue weighted by Gasteiger charge is -2.38. The topological polar surface area (TPSA) is 0 Å². The van der Waals surface area contributed by atoms with Crippen molar-refractivity contribution >= 4 is 0 Å². The van der Waals surface area contributed by atoms with Crippen LogP contribution < -0.4 is 0 Å². The van der Waals surface area contributed by atoms with E-state index in [1.165, 1.54) is 44.9 Å². The highest BCUT2D eigenvalue weighted by atomic mass is 19.4. The molecule has 6 heteroatoms. The Morgan fingerprint density at radius 2 is 1.21 bits per heavy atom. The van der Waals surface area contributed by atoms with Crippen molar-refractivity contribution in [1.29, 1.82) is 0 Å². The Kier molecular flexibility index (Phi) is 9.75. The molecule has 0 aromatic heterocycles. The first-order chi connectivity index (χ1) is 15.8. The zero-order valence-corrected chi connectivity index (χ0v) is 19.3. The maximum atomic E-state index is 13.8. The molecule has 3 rings (SSSR count). The van der Waals surface area contributed by atoms with Crippen LogP contribution in [0.2, 0.25) is 0 Å². The maximum Gasteiger partial charge on any atom is 0.422 e. The molecule has 0 heterocycles. The summed E-state index contributed by atoms with van der Waals surface area (Å²) >= 11 is 0. The predicted octanol–water partition coefficient (Wildman–Crippen LogP) is 9.22. The van der Waals surface area contributed by atoms with Crippen molar-refractivity contribution in [3.63, 3.8) is 0 Å². The number of aryl methyl sites for hydroxylation is 1. The molecule has 0 unspecified atom stereocenters. The molecule has 2 aliphatic carbocycles. The summed E-state index contributed by atoms with van der Waals surface area (Å²) in [6.07, 6.45) is 12.7. The number of allylic oxidation sites excluding steroid dienone is 2. The summed E-state index contributed by atoms with van der Waals surface area (Å²) in [6.45, 7) is -0.282. The van der Waals surface area contributed by atoms with Crippen LogP contribution in [-0.2, 0) is 12.6 Å². The van der Waals surface area contributed by atoms with E-state index >= 15 is 0 Å². The van der Waals surface area contributed by atoms with Crippen LogP contribution in [0.3, 0.4) is 0 Å². The van der Waals surface area contributed by atoms with Crippen LogP contribution in [0.5, 0.6) is 0 Å². The van der Waals surface area contributed by atoms with Crippen LogP contribution in [0.15, 0.2) is 24.3 Å². The van der Waals surface area contributed by atoms with Gasteiger partial charge in [-0.1, -0.05) is 37.8 Å². The van der Waals surface area contributed by atoms with Gasteiger partial charge in [-0.2, -0.15) is 13.2 Å². The molecule has 0 aliphatic heterocycles. The minimum absolute atomic E-state index is 0.282. The van der Waals surface area contributed by atoms with Gasteiger partial charge < -0.3 is 0 Å².